The number of imidazole rings is 2. The van der Waals surface area contributed by atoms with E-state index in [9.17, 15) is 0 Å². The first-order valence-corrected chi connectivity index (χ1v) is 8.68. The number of para-hydroxylation sites is 2. The van der Waals surface area contributed by atoms with E-state index < -0.39 is 0 Å². The Morgan fingerprint density at radius 3 is 2.29 bits per heavy atom. The van der Waals surface area contributed by atoms with Crippen LogP contribution in [-0.4, -0.2) is 24.5 Å². The third-order valence-electron chi connectivity index (χ3n) is 5.27. The summed E-state index contributed by atoms with van der Waals surface area (Å²) in [7, 11) is 4.15. The molecule has 0 radical (unpaired) electrons. The van der Waals surface area contributed by atoms with Gasteiger partial charge in [0.2, 0.25) is 0 Å². The van der Waals surface area contributed by atoms with Crippen LogP contribution in [0.3, 0.4) is 0 Å². The number of benzene rings is 1. The third kappa shape index (κ3) is 2.08. The molecule has 0 amide bonds. The molecule has 4 nitrogen and oxygen atoms in total. The highest BCUT2D eigenvalue weighted by molar-refractivity contribution is 7.79. The van der Waals surface area contributed by atoms with Crippen molar-refractivity contribution in [3.05, 3.63) is 53.9 Å². The van der Waals surface area contributed by atoms with Crippen LogP contribution in [0, 0.1) is 0 Å². The Balaban J connectivity index is 1.76. The van der Waals surface area contributed by atoms with Gasteiger partial charge in [-0.3, -0.25) is 0 Å². The fourth-order valence-electron chi connectivity index (χ4n) is 3.79. The van der Waals surface area contributed by atoms with Crippen molar-refractivity contribution in [2.75, 3.05) is 0 Å². The first-order valence-electron chi connectivity index (χ1n) is 8.21. The van der Waals surface area contributed by atoms with Gasteiger partial charge < -0.3 is 9.13 Å². The van der Waals surface area contributed by atoms with Gasteiger partial charge in [0.25, 0.3) is 0 Å². The summed E-state index contributed by atoms with van der Waals surface area (Å²) >= 11 is 5.15. The van der Waals surface area contributed by atoms with Gasteiger partial charge in [-0.05, 0) is 31.1 Å². The number of nitrogens with zero attached hydrogens (tertiary/aromatic N) is 4. The van der Waals surface area contributed by atoms with E-state index >= 15 is 0 Å². The molecule has 0 spiro atoms. The summed E-state index contributed by atoms with van der Waals surface area (Å²) in [6, 6.07) is 8.30. The Labute approximate surface area is 146 Å². The van der Waals surface area contributed by atoms with Gasteiger partial charge in [-0.1, -0.05) is 30.9 Å². The molecule has 4 rings (SSSR count). The van der Waals surface area contributed by atoms with Crippen molar-refractivity contribution in [1.29, 1.82) is 0 Å². The molecule has 24 heavy (non-hydrogen) atoms. The number of aryl methyl sites for hydroxylation is 1. The molecule has 2 unspecified atom stereocenters. The van der Waals surface area contributed by atoms with Crippen molar-refractivity contribution in [2.24, 2.45) is 14.1 Å². The lowest BCUT2D eigenvalue weighted by molar-refractivity contribution is 0.309. The molecule has 1 aliphatic rings. The highest BCUT2D eigenvalue weighted by Crippen LogP contribution is 2.48. The quantitative estimate of drug-likeness (QED) is 0.677. The van der Waals surface area contributed by atoms with Gasteiger partial charge in [0.05, 0.1) is 22.4 Å². The molecule has 1 saturated carbocycles. The van der Waals surface area contributed by atoms with Gasteiger partial charge in [-0.25, -0.2) is 9.97 Å². The van der Waals surface area contributed by atoms with Crippen LogP contribution in [0.5, 0.6) is 0 Å². The summed E-state index contributed by atoms with van der Waals surface area (Å²) in [6.45, 7) is 3.86. The number of thiocarbonyl (C=S) groups is 1. The SMILES string of the molecule is C=Cc1nc(C2CCC2c2nc3ccccc3n2C)n(C)c1C=S. The van der Waals surface area contributed by atoms with E-state index in [1.165, 1.54) is 5.52 Å². The summed E-state index contributed by atoms with van der Waals surface area (Å²) < 4.78 is 4.34. The highest BCUT2D eigenvalue weighted by atomic mass is 32.1. The fraction of sp³-hybridized carbons (Fsp3) is 0.316. The van der Waals surface area contributed by atoms with Crippen LogP contribution in [0.15, 0.2) is 30.8 Å². The molecule has 1 aliphatic carbocycles. The van der Waals surface area contributed by atoms with Gasteiger partial charge in [0.15, 0.2) is 0 Å². The van der Waals surface area contributed by atoms with Crippen molar-refractivity contribution >= 4 is 34.7 Å². The van der Waals surface area contributed by atoms with E-state index in [1.807, 2.05) is 13.1 Å². The van der Waals surface area contributed by atoms with Crippen LogP contribution in [0.4, 0.5) is 0 Å². The maximum absolute atomic E-state index is 5.15. The molecule has 0 N–H and O–H groups in total. The average molecular weight is 336 g/mol. The van der Waals surface area contributed by atoms with Crippen molar-refractivity contribution in [3.63, 3.8) is 0 Å². The highest BCUT2D eigenvalue weighted by Gasteiger charge is 2.39. The molecule has 2 atom stereocenters. The molecular formula is C19H20N4S. The zero-order valence-electron chi connectivity index (χ0n) is 13.9. The van der Waals surface area contributed by atoms with E-state index in [0.717, 1.165) is 41.4 Å². The number of hydrogen-bond donors (Lipinski definition) is 0. The van der Waals surface area contributed by atoms with Gasteiger partial charge in [0.1, 0.15) is 11.6 Å². The molecule has 122 valence electrons. The molecule has 3 aromatic rings. The maximum atomic E-state index is 5.15. The standard InChI is InChI=1S/C19H20N4S/c1-4-14-17(11-24)23(3)18(20-14)12-9-10-13(12)19-21-15-7-5-6-8-16(15)22(19)2/h4-8,11-13H,1,9-10H2,2-3H3. The number of rotatable bonds is 4. The van der Waals surface area contributed by atoms with Crippen LogP contribution in [0.1, 0.15) is 47.7 Å². The van der Waals surface area contributed by atoms with Crippen molar-refractivity contribution in [3.8, 4) is 0 Å². The Kier molecular flexibility index (Phi) is 3.61. The Bertz CT molecular complexity index is 950. The molecule has 1 fully saturated rings. The van der Waals surface area contributed by atoms with E-state index in [4.69, 9.17) is 22.2 Å². The van der Waals surface area contributed by atoms with Gasteiger partial charge in [0, 0.05) is 31.3 Å². The van der Waals surface area contributed by atoms with Gasteiger partial charge in [-0.2, -0.15) is 0 Å². The first kappa shape index (κ1) is 15.3. The molecule has 1 aromatic carbocycles. The smallest absolute Gasteiger partial charge is 0.113 e. The second-order valence-electron chi connectivity index (χ2n) is 6.43. The first-order chi connectivity index (χ1) is 11.7. The molecule has 5 heteroatoms. The molecule has 2 heterocycles. The Morgan fingerprint density at radius 1 is 1.08 bits per heavy atom. The predicted molar refractivity (Wildman–Crippen MR) is 101 cm³/mol. The molecule has 0 aliphatic heterocycles. The second kappa shape index (κ2) is 5.67. The minimum absolute atomic E-state index is 0.382. The van der Waals surface area contributed by atoms with Crippen LogP contribution >= 0.6 is 12.2 Å². The number of hydrogen-bond acceptors (Lipinski definition) is 3. The van der Waals surface area contributed by atoms with Crippen molar-refractivity contribution < 1.29 is 0 Å². The topological polar surface area (TPSA) is 35.6 Å². The molecule has 0 bridgehead atoms. The van der Waals surface area contributed by atoms with E-state index in [-0.39, 0.29) is 0 Å². The zero-order valence-corrected chi connectivity index (χ0v) is 14.8. The van der Waals surface area contributed by atoms with E-state index in [1.54, 1.807) is 11.4 Å². The number of aromatic nitrogens is 4. The maximum Gasteiger partial charge on any atom is 0.113 e. The van der Waals surface area contributed by atoms with Crippen LogP contribution in [0.2, 0.25) is 0 Å². The summed E-state index contributed by atoms with van der Waals surface area (Å²) in [5, 5.41) is 1.69. The lowest BCUT2D eigenvalue weighted by Gasteiger charge is -2.35. The minimum atomic E-state index is 0.382. The lowest BCUT2D eigenvalue weighted by atomic mass is 9.72. The van der Waals surface area contributed by atoms with E-state index in [0.29, 0.717) is 11.8 Å². The second-order valence-corrected chi connectivity index (χ2v) is 6.67. The Morgan fingerprint density at radius 2 is 1.75 bits per heavy atom. The van der Waals surface area contributed by atoms with Crippen LogP contribution in [-0.2, 0) is 14.1 Å². The van der Waals surface area contributed by atoms with Crippen LogP contribution in [0.25, 0.3) is 17.1 Å². The lowest BCUT2D eigenvalue weighted by Crippen LogP contribution is -2.27. The minimum Gasteiger partial charge on any atom is -0.331 e. The average Bonchev–Trinajstić information content (AvgIpc) is 3.05. The normalized spacial score (nSPS) is 20.1. The predicted octanol–water partition coefficient (Wildman–Crippen LogP) is 3.96. The summed E-state index contributed by atoms with van der Waals surface area (Å²) in [6.07, 6.45) is 4.06. The largest absolute Gasteiger partial charge is 0.331 e. The fourth-order valence-corrected chi connectivity index (χ4v) is 4.06. The van der Waals surface area contributed by atoms with Gasteiger partial charge >= 0.3 is 0 Å². The Hall–Kier alpha value is -2.27. The third-order valence-corrected chi connectivity index (χ3v) is 5.49. The van der Waals surface area contributed by atoms with Crippen molar-refractivity contribution in [1.82, 2.24) is 19.1 Å². The van der Waals surface area contributed by atoms with Gasteiger partial charge in [-0.15, -0.1) is 0 Å². The number of fused-ring (bicyclic) bond motifs is 1. The summed E-state index contributed by atoms with van der Waals surface area (Å²) in [5.74, 6) is 3.02. The summed E-state index contributed by atoms with van der Waals surface area (Å²) in [4.78, 5) is 9.68. The molecule has 2 aromatic heterocycles. The summed E-state index contributed by atoms with van der Waals surface area (Å²) in [5.41, 5.74) is 4.08. The van der Waals surface area contributed by atoms with Crippen molar-refractivity contribution in [2.45, 2.75) is 24.7 Å². The molecule has 0 saturated heterocycles. The van der Waals surface area contributed by atoms with Crippen LogP contribution < -0.4 is 0 Å². The molecular weight excluding hydrogens is 316 g/mol. The zero-order chi connectivity index (χ0) is 16.8. The monoisotopic (exact) mass is 336 g/mol. The van der Waals surface area contributed by atoms with E-state index in [2.05, 4.69) is 41.0 Å².